The minimum atomic E-state index is -0.233. The predicted molar refractivity (Wildman–Crippen MR) is 130 cm³/mol. The summed E-state index contributed by atoms with van der Waals surface area (Å²) in [5.74, 6) is 0.791. The van der Waals surface area contributed by atoms with E-state index in [2.05, 4.69) is 30.9 Å². The van der Waals surface area contributed by atoms with Gasteiger partial charge in [0.1, 0.15) is 12.4 Å². The summed E-state index contributed by atoms with van der Waals surface area (Å²) in [6.07, 6.45) is 1.68. The van der Waals surface area contributed by atoms with Crippen molar-refractivity contribution in [2.24, 2.45) is 0 Å². The molecule has 6 nitrogen and oxygen atoms in total. The highest BCUT2D eigenvalue weighted by Crippen LogP contribution is 2.25. The van der Waals surface area contributed by atoms with E-state index in [4.69, 9.17) is 4.74 Å². The zero-order valence-corrected chi connectivity index (χ0v) is 19.5. The van der Waals surface area contributed by atoms with Gasteiger partial charge >= 0.3 is 0 Å². The molecule has 4 aromatic rings. The minimum Gasteiger partial charge on any atom is -0.492 e. The molecule has 2 heterocycles. The van der Waals surface area contributed by atoms with Gasteiger partial charge < -0.3 is 9.64 Å². The highest BCUT2D eigenvalue weighted by atomic mass is 79.9. The molecule has 0 fully saturated rings. The Hall–Kier alpha value is -3.29. The summed E-state index contributed by atoms with van der Waals surface area (Å²) in [6, 6.07) is 22.6. The number of benzene rings is 2. The first-order valence-corrected chi connectivity index (χ1v) is 11.0. The van der Waals surface area contributed by atoms with Gasteiger partial charge in [-0.2, -0.15) is 9.78 Å². The summed E-state index contributed by atoms with van der Waals surface area (Å²) >= 11 is 3.54. The second-order valence-electron chi connectivity index (χ2n) is 7.50. The van der Waals surface area contributed by atoms with Crippen LogP contribution >= 0.6 is 15.9 Å². The minimum absolute atomic E-state index is 0.233. The van der Waals surface area contributed by atoms with Crippen molar-refractivity contribution in [3.8, 4) is 34.0 Å². The van der Waals surface area contributed by atoms with Crippen molar-refractivity contribution in [3.63, 3.8) is 0 Å². The van der Waals surface area contributed by atoms with Crippen molar-refractivity contribution in [1.82, 2.24) is 19.7 Å². The lowest BCUT2D eigenvalue weighted by Gasteiger charge is -2.13. The van der Waals surface area contributed by atoms with Crippen molar-refractivity contribution < 1.29 is 4.74 Å². The van der Waals surface area contributed by atoms with Crippen molar-refractivity contribution >= 4 is 15.9 Å². The van der Waals surface area contributed by atoms with E-state index in [0.29, 0.717) is 29.2 Å². The molecule has 0 aliphatic heterocycles. The van der Waals surface area contributed by atoms with E-state index >= 15 is 0 Å². The second-order valence-corrected chi connectivity index (χ2v) is 8.36. The third kappa shape index (κ3) is 4.95. The van der Waals surface area contributed by atoms with Gasteiger partial charge in [-0.25, -0.2) is 0 Å². The van der Waals surface area contributed by atoms with Gasteiger partial charge in [0, 0.05) is 22.8 Å². The van der Waals surface area contributed by atoms with Gasteiger partial charge in [-0.3, -0.25) is 9.78 Å². The highest BCUT2D eigenvalue weighted by molar-refractivity contribution is 9.10. The van der Waals surface area contributed by atoms with Crippen LogP contribution in [-0.2, 0) is 0 Å². The predicted octanol–water partition coefficient (Wildman–Crippen LogP) is 4.66. The highest BCUT2D eigenvalue weighted by Gasteiger charge is 2.15. The average Bonchev–Trinajstić information content (AvgIpc) is 2.81. The van der Waals surface area contributed by atoms with Gasteiger partial charge in [0.15, 0.2) is 0 Å². The fraction of sp³-hybridized carbons (Fsp3) is 0.160. The summed E-state index contributed by atoms with van der Waals surface area (Å²) in [5.41, 5.74) is 3.07. The molecule has 0 saturated heterocycles. The van der Waals surface area contributed by atoms with Gasteiger partial charge in [0.2, 0.25) is 0 Å². The van der Waals surface area contributed by atoms with Crippen LogP contribution in [0.4, 0.5) is 0 Å². The van der Waals surface area contributed by atoms with Crippen LogP contribution in [0.15, 0.2) is 88.3 Å². The Kier molecular flexibility index (Phi) is 6.78. The topological polar surface area (TPSA) is 60.2 Å². The van der Waals surface area contributed by atoms with Gasteiger partial charge in [0.05, 0.1) is 22.6 Å². The molecule has 0 N–H and O–H groups in total. The first kappa shape index (κ1) is 21.9. The third-order valence-electron chi connectivity index (χ3n) is 4.89. The monoisotopic (exact) mass is 490 g/mol. The van der Waals surface area contributed by atoms with Crippen LogP contribution in [0, 0.1) is 0 Å². The van der Waals surface area contributed by atoms with Crippen molar-refractivity contribution in [2.75, 3.05) is 27.2 Å². The zero-order chi connectivity index (χ0) is 22.5. The Bertz CT molecular complexity index is 1260. The number of pyridine rings is 1. The number of para-hydroxylation sites is 1. The lowest BCUT2D eigenvalue weighted by atomic mass is 10.1. The van der Waals surface area contributed by atoms with E-state index < -0.39 is 0 Å². The number of likely N-dealkylation sites (N-methyl/N-ethyl adjacent to an activating group) is 1. The number of nitrogens with zero attached hydrogens (tertiary/aromatic N) is 4. The first-order valence-electron chi connectivity index (χ1n) is 10.2. The van der Waals surface area contributed by atoms with Crippen LogP contribution in [-0.4, -0.2) is 46.9 Å². The molecule has 0 amide bonds. The summed E-state index contributed by atoms with van der Waals surface area (Å²) in [5, 5.41) is 4.67. The summed E-state index contributed by atoms with van der Waals surface area (Å²) in [6.45, 7) is 1.45. The van der Waals surface area contributed by atoms with Crippen LogP contribution in [0.2, 0.25) is 0 Å². The van der Waals surface area contributed by atoms with Gasteiger partial charge in [-0.15, -0.1) is 0 Å². The molecule has 0 bridgehead atoms. The molecule has 0 spiro atoms. The van der Waals surface area contributed by atoms with Crippen molar-refractivity contribution in [3.05, 3.63) is 93.8 Å². The molecule has 2 aromatic heterocycles. The smallest absolute Gasteiger partial charge is 0.281 e. The van der Waals surface area contributed by atoms with Crippen molar-refractivity contribution in [2.45, 2.75) is 0 Å². The van der Waals surface area contributed by atoms with E-state index in [1.807, 2.05) is 80.8 Å². The van der Waals surface area contributed by atoms with Crippen LogP contribution < -0.4 is 10.3 Å². The normalized spacial score (nSPS) is 11.0. The molecule has 0 atom stereocenters. The number of ether oxygens (including phenoxy) is 1. The molecule has 4 rings (SSSR count). The lowest BCUT2D eigenvalue weighted by molar-refractivity contribution is 0.261. The fourth-order valence-corrected chi connectivity index (χ4v) is 3.65. The number of hydrogen-bond donors (Lipinski definition) is 0. The molecule has 2 aromatic carbocycles. The molecule has 0 aliphatic rings. The van der Waals surface area contributed by atoms with Gasteiger partial charge in [0.25, 0.3) is 5.56 Å². The van der Waals surface area contributed by atoms with Gasteiger partial charge in [-0.05, 0) is 84.6 Å². The van der Waals surface area contributed by atoms with E-state index in [9.17, 15) is 4.79 Å². The summed E-state index contributed by atoms with van der Waals surface area (Å²) in [7, 11) is 4.02. The van der Waals surface area contributed by atoms with Crippen LogP contribution in [0.5, 0.6) is 5.75 Å². The number of hydrogen-bond acceptors (Lipinski definition) is 5. The maximum atomic E-state index is 13.3. The van der Waals surface area contributed by atoms with E-state index in [0.717, 1.165) is 22.3 Å². The molecule has 7 heteroatoms. The first-order chi connectivity index (χ1) is 15.5. The maximum absolute atomic E-state index is 13.3. The largest absolute Gasteiger partial charge is 0.492 e. The molecule has 162 valence electrons. The Morgan fingerprint density at radius 1 is 0.969 bits per heavy atom. The standard InChI is InChI=1S/C25H23BrN4O2/c1-29(2)15-16-32-19-12-10-18(11-13-19)23-17-20(22-8-5-6-14-27-22)25(31)30(28-23)24-9-4-3-7-21(24)26/h3-14,17H,15-16H2,1-2H3. The number of rotatable bonds is 7. The second kappa shape index (κ2) is 9.89. The SMILES string of the molecule is CN(C)CCOc1ccc(-c2cc(-c3ccccn3)c(=O)n(-c3ccccc3Br)n2)cc1. The summed E-state index contributed by atoms with van der Waals surface area (Å²) in [4.78, 5) is 19.8. The fourth-order valence-electron chi connectivity index (χ4n) is 3.20. The maximum Gasteiger partial charge on any atom is 0.281 e. The molecular formula is C25H23BrN4O2. The van der Waals surface area contributed by atoms with E-state index in [1.54, 1.807) is 12.3 Å². The lowest BCUT2D eigenvalue weighted by Crippen LogP contribution is -2.24. The Balaban J connectivity index is 1.78. The molecule has 0 radical (unpaired) electrons. The quantitative estimate of drug-likeness (QED) is 0.376. The van der Waals surface area contributed by atoms with Crippen LogP contribution in [0.3, 0.4) is 0 Å². The van der Waals surface area contributed by atoms with Crippen LogP contribution in [0.25, 0.3) is 28.2 Å². The Morgan fingerprint density at radius 3 is 2.41 bits per heavy atom. The Labute approximate surface area is 195 Å². The van der Waals surface area contributed by atoms with Crippen molar-refractivity contribution in [1.29, 1.82) is 0 Å². The zero-order valence-electron chi connectivity index (χ0n) is 17.9. The molecule has 0 unspecified atom stereocenters. The molecule has 0 saturated carbocycles. The van der Waals surface area contributed by atoms with E-state index in [-0.39, 0.29) is 5.56 Å². The molecular weight excluding hydrogens is 468 g/mol. The van der Waals surface area contributed by atoms with Gasteiger partial charge in [-0.1, -0.05) is 18.2 Å². The Morgan fingerprint density at radius 2 is 1.72 bits per heavy atom. The third-order valence-corrected chi connectivity index (χ3v) is 5.56. The average molecular weight is 491 g/mol. The molecule has 32 heavy (non-hydrogen) atoms. The molecule has 0 aliphatic carbocycles. The van der Waals surface area contributed by atoms with E-state index in [1.165, 1.54) is 4.68 Å². The number of aromatic nitrogens is 3. The van der Waals surface area contributed by atoms with Crippen LogP contribution in [0.1, 0.15) is 0 Å². The number of halogens is 1. The summed E-state index contributed by atoms with van der Waals surface area (Å²) < 4.78 is 8.00.